The van der Waals surface area contributed by atoms with Gasteiger partial charge in [-0.05, 0) is 51.1 Å². The third-order valence-electron chi connectivity index (χ3n) is 6.44. The summed E-state index contributed by atoms with van der Waals surface area (Å²) < 4.78 is 0. The third-order valence-corrected chi connectivity index (χ3v) is 8.00. The number of hydrogen-bond donors (Lipinski definition) is 3. The summed E-state index contributed by atoms with van der Waals surface area (Å²) in [6, 6.07) is 2.21. The van der Waals surface area contributed by atoms with Crippen molar-refractivity contribution in [1.29, 1.82) is 0 Å². The van der Waals surface area contributed by atoms with E-state index in [9.17, 15) is 0 Å². The number of nitrogens with two attached hydrogens (primary N) is 2. The molecule has 1 aliphatic carbocycles. The molecule has 7 nitrogen and oxygen atoms in total. The molecule has 1 saturated heterocycles. The lowest BCUT2D eigenvalue weighted by molar-refractivity contribution is 0.187. The molecule has 0 bridgehead atoms. The van der Waals surface area contributed by atoms with Crippen LogP contribution in [0.5, 0.6) is 0 Å². The molecule has 2 aromatic rings. The fraction of sp³-hybridized carbons (Fsp3) is 0.476. The van der Waals surface area contributed by atoms with E-state index in [4.69, 9.17) is 33.0 Å². The minimum Gasteiger partial charge on any atom is -0.382 e. The van der Waals surface area contributed by atoms with Gasteiger partial charge < -0.3 is 21.7 Å². The number of nitrogens with zero attached hydrogens (tertiary/aromatic N) is 4. The Morgan fingerprint density at radius 1 is 1.23 bits per heavy atom. The largest absolute Gasteiger partial charge is 0.382 e. The number of halogens is 1. The van der Waals surface area contributed by atoms with Crippen LogP contribution in [0.3, 0.4) is 0 Å². The van der Waals surface area contributed by atoms with Crippen LogP contribution < -0.4 is 21.7 Å². The van der Waals surface area contributed by atoms with Crippen LogP contribution in [0.2, 0.25) is 5.02 Å². The van der Waals surface area contributed by atoms with Crippen molar-refractivity contribution in [3.05, 3.63) is 35.1 Å². The molecule has 0 unspecified atom stereocenters. The molecule has 1 aliphatic heterocycles. The number of piperidine rings is 1. The van der Waals surface area contributed by atoms with Crippen molar-refractivity contribution in [3.63, 3.8) is 0 Å². The topological polar surface area (TPSA) is 106 Å². The fourth-order valence-corrected chi connectivity index (χ4v) is 5.94. The molecule has 2 aromatic heterocycles. The second kappa shape index (κ2) is 8.24. The van der Waals surface area contributed by atoms with Gasteiger partial charge in [0.25, 0.3) is 0 Å². The fourth-order valence-electron chi connectivity index (χ4n) is 4.85. The Bertz CT molecular complexity index is 972. The number of rotatable bonds is 4. The Balaban J connectivity index is 1.52. The van der Waals surface area contributed by atoms with E-state index in [2.05, 4.69) is 21.8 Å². The second-order valence-corrected chi connectivity index (χ2v) is 9.57. The molecule has 9 heteroatoms. The third kappa shape index (κ3) is 3.72. The highest BCUT2D eigenvalue weighted by atomic mass is 35.5. The van der Waals surface area contributed by atoms with Crippen molar-refractivity contribution in [2.24, 2.45) is 5.41 Å². The van der Waals surface area contributed by atoms with Gasteiger partial charge in [0.2, 0.25) is 0 Å². The monoisotopic (exact) mass is 445 g/mol. The van der Waals surface area contributed by atoms with Gasteiger partial charge in [0.15, 0.2) is 11.6 Å². The second-order valence-electron chi connectivity index (χ2n) is 8.16. The predicted molar refractivity (Wildman–Crippen MR) is 124 cm³/mol. The van der Waals surface area contributed by atoms with Crippen LogP contribution >= 0.6 is 23.4 Å². The summed E-state index contributed by atoms with van der Waals surface area (Å²) in [5.41, 5.74) is 14.6. The number of anilines is 3. The smallest absolute Gasteiger partial charge is 0.158 e. The van der Waals surface area contributed by atoms with E-state index in [0.29, 0.717) is 33.1 Å². The number of aryl methyl sites for hydroxylation is 1. The van der Waals surface area contributed by atoms with Gasteiger partial charge in [-0.15, -0.1) is 0 Å². The summed E-state index contributed by atoms with van der Waals surface area (Å²) in [7, 11) is 2.05. The minimum absolute atomic E-state index is 0.290. The maximum atomic E-state index is 6.28. The molecule has 2 fully saturated rings. The van der Waals surface area contributed by atoms with Crippen LogP contribution in [0.25, 0.3) is 0 Å². The lowest BCUT2D eigenvalue weighted by Gasteiger charge is -2.43. The van der Waals surface area contributed by atoms with E-state index >= 15 is 0 Å². The van der Waals surface area contributed by atoms with Gasteiger partial charge in [0.05, 0.1) is 10.7 Å². The standard InChI is InChI=1S/C21H28ClN7S/c1-12-4-6-21(16(12)25-3)7-10-29(11-8-21)19-13(2)27-20(18(24)28-19)30-14-5-9-26-17(23)15(14)22/h5,9,16,25H,1,4,6-8,10-11H2,2-3H3,(H2,23,26)(H2,24,28)/t16-/m1/s1. The molecular weight excluding hydrogens is 418 g/mol. The zero-order valence-electron chi connectivity index (χ0n) is 17.4. The Morgan fingerprint density at radius 3 is 2.67 bits per heavy atom. The summed E-state index contributed by atoms with van der Waals surface area (Å²) in [6.45, 7) is 8.14. The number of nitrogens with one attached hydrogen (secondary N) is 1. The summed E-state index contributed by atoms with van der Waals surface area (Å²) in [5.74, 6) is 1.55. The number of hydrogen-bond acceptors (Lipinski definition) is 8. The van der Waals surface area contributed by atoms with Gasteiger partial charge in [-0.25, -0.2) is 15.0 Å². The van der Waals surface area contributed by atoms with E-state index in [-0.39, 0.29) is 0 Å². The Hall–Kier alpha value is -2.03. The van der Waals surface area contributed by atoms with Crippen molar-refractivity contribution in [3.8, 4) is 0 Å². The first kappa shape index (κ1) is 21.2. The lowest BCUT2D eigenvalue weighted by atomic mass is 9.73. The molecule has 0 amide bonds. The highest BCUT2D eigenvalue weighted by Gasteiger charge is 2.46. The Kier molecular flexibility index (Phi) is 5.83. The van der Waals surface area contributed by atoms with Gasteiger partial charge in [0, 0.05) is 30.2 Å². The molecule has 0 radical (unpaired) electrons. The van der Waals surface area contributed by atoms with E-state index in [1.165, 1.54) is 23.8 Å². The molecule has 30 heavy (non-hydrogen) atoms. The molecule has 0 aromatic carbocycles. The first-order valence-corrected chi connectivity index (χ1v) is 11.4. The normalized spacial score (nSPS) is 20.8. The van der Waals surface area contributed by atoms with E-state index < -0.39 is 0 Å². The van der Waals surface area contributed by atoms with Crippen LogP contribution in [0.1, 0.15) is 31.4 Å². The average molecular weight is 446 g/mol. The first-order valence-electron chi connectivity index (χ1n) is 10.2. The number of nitrogen functional groups attached to an aromatic ring is 2. The van der Waals surface area contributed by atoms with Gasteiger partial charge in [0.1, 0.15) is 10.8 Å². The molecule has 1 atom stereocenters. The number of likely N-dealkylation sites (N-methyl/N-ethyl adjacent to an activating group) is 1. The van der Waals surface area contributed by atoms with Gasteiger partial charge in [-0.3, -0.25) is 0 Å². The van der Waals surface area contributed by atoms with Gasteiger partial charge in [-0.2, -0.15) is 0 Å². The zero-order valence-corrected chi connectivity index (χ0v) is 19.0. The highest BCUT2D eigenvalue weighted by Crippen LogP contribution is 2.49. The zero-order chi connectivity index (χ0) is 21.5. The SMILES string of the molecule is C=C1CCC2(CCN(c3nc(N)c(Sc4ccnc(N)c4Cl)nc3C)CC2)[C@@H]1NC. The maximum absolute atomic E-state index is 6.28. The molecule has 4 rings (SSSR count). The van der Waals surface area contributed by atoms with Gasteiger partial charge in [-0.1, -0.05) is 35.5 Å². The minimum atomic E-state index is 0.290. The van der Waals surface area contributed by atoms with Crippen molar-refractivity contribution < 1.29 is 0 Å². The summed E-state index contributed by atoms with van der Waals surface area (Å²) in [6.07, 6.45) is 6.17. The van der Waals surface area contributed by atoms with Gasteiger partial charge >= 0.3 is 0 Å². The number of aromatic nitrogens is 3. The van der Waals surface area contributed by atoms with E-state index in [1.807, 2.05) is 14.0 Å². The maximum Gasteiger partial charge on any atom is 0.158 e. The summed E-state index contributed by atoms with van der Waals surface area (Å²) >= 11 is 7.62. The molecule has 5 N–H and O–H groups in total. The molecule has 2 aliphatic rings. The van der Waals surface area contributed by atoms with Crippen molar-refractivity contribution >= 4 is 40.8 Å². The van der Waals surface area contributed by atoms with Crippen LogP contribution in [0.4, 0.5) is 17.5 Å². The average Bonchev–Trinajstić information content (AvgIpc) is 3.03. The molecule has 160 valence electrons. The predicted octanol–water partition coefficient (Wildman–Crippen LogP) is 3.67. The number of pyridine rings is 1. The van der Waals surface area contributed by atoms with E-state index in [1.54, 1.807) is 12.3 Å². The molecule has 3 heterocycles. The van der Waals surface area contributed by atoms with E-state index in [0.717, 1.165) is 48.8 Å². The van der Waals surface area contributed by atoms with Crippen molar-refractivity contribution in [1.82, 2.24) is 20.3 Å². The van der Waals surface area contributed by atoms with Crippen molar-refractivity contribution in [2.75, 3.05) is 36.5 Å². The molecule has 1 saturated carbocycles. The molecular formula is C21H28ClN7S. The molecule has 1 spiro atoms. The van der Waals surface area contributed by atoms with Crippen LogP contribution in [0, 0.1) is 12.3 Å². The van der Waals surface area contributed by atoms with Crippen molar-refractivity contribution in [2.45, 2.75) is 48.6 Å². The quantitative estimate of drug-likeness (QED) is 0.612. The van der Waals surface area contributed by atoms with Crippen LogP contribution in [-0.4, -0.2) is 41.1 Å². The Labute approximate surface area is 186 Å². The highest BCUT2D eigenvalue weighted by molar-refractivity contribution is 7.99. The lowest BCUT2D eigenvalue weighted by Crippen LogP contribution is -2.48. The van der Waals surface area contributed by atoms with Crippen LogP contribution in [0.15, 0.2) is 34.3 Å². The first-order chi connectivity index (χ1) is 14.3. The Morgan fingerprint density at radius 2 is 1.97 bits per heavy atom. The summed E-state index contributed by atoms with van der Waals surface area (Å²) in [5, 5.41) is 4.53. The van der Waals surface area contributed by atoms with Crippen LogP contribution in [-0.2, 0) is 0 Å². The summed E-state index contributed by atoms with van der Waals surface area (Å²) in [4.78, 5) is 16.5.